The van der Waals surface area contributed by atoms with Crippen molar-refractivity contribution in [2.75, 3.05) is 20.3 Å². The van der Waals surface area contributed by atoms with Crippen molar-refractivity contribution in [1.82, 2.24) is 10.3 Å². The van der Waals surface area contributed by atoms with Crippen molar-refractivity contribution in [2.45, 2.75) is 32.7 Å². The molecule has 1 aliphatic rings. The molecule has 0 atom stereocenters. The summed E-state index contributed by atoms with van der Waals surface area (Å²) in [5.41, 5.74) is 6.68. The molecule has 0 radical (unpaired) electrons. The second kappa shape index (κ2) is 5.90. The first-order chi connectivity index (χ1) is 9.79. The van der Waals surface area contributed by atoms with Gasteiger partial charge in [0, 0.05) is 31.3 Å². The molecular formula is C17H22N2O. The highest BCUT2D eigenvalue weighted by Crippen LogP contribution is 2.30. The van der Waals surface area contributed by atoms with Gasteiger partial charge in [0.15, 0.2) is 0 Å². The van der Waals surface area contributed by atoms with Crippen molar-refractivity contribution in [3.8, 4) is 0 Å². The maximum Gasteiger partial charge on any atom is 0.0708 e. The summed E-state index contributed by atoms with van der Waals surface area (Å²) in [7, 11) is 1.74. The Morgan fingerprint density at radius 2 is 2.20 bits per heavy atom. The molecule has 3 heteroatoms. The fourth-order valence-electron chi connectivity index (χ4n) is 3.06. The van der Waals surface area contributed by atoms with Crippen LogP contribution < -0.4 is 5.32 Å². The number of nitrogens with one attached hydrogen (secondary N) is 1. The third-order valence-corrected chi connectivity index (χ3v) is 4.07. The Morgan fingerprint density at radius 1 is 1.30 bits per heavy atom. The van der Waals surface area contributed by atoms with Crippen LogP contribution in [0.15, 0.2) is 18.2 Å². The van der Waals surface area contributed by atoms with E-state index in [1.807, 2.05) is 0 Å². The quantitative estimate of drug-likeness (QED) is 0.848. The van der Waals surface area contributed by atoms with Crippen molar-refractivity contribution < 1.29 is 4.74 Å². The largest absolute Gasteiger partial charge is 0.383 e. The standard InChI is InChI=1S/C17H22N2O/c1-12-6-7-17-14(10-12)15(11-18-8-9-20-2)13-4-3-5-16(13)19-17/h6-7,10,18H,3-5,8-9,11H2,1-2H3. The molecule has 1 aromatic heterocycles. The SMILES string of the molecule is COCCNCc1c2c(nc3ccc(C)cc13)CCC2. The number of hydrogen-bond donors (Lipinski definition) is 1. The van der Waals surface area contributed by atoms with Crippen LogP contribution >= 0.6 is 0 Å². The Kier molecular flexibility index (Phi) is 3.99. The van der Waals surface area contributed by atoms with E-state index in [4.69, 9.17) is 9.72 Å². The van der Waals surface area contributed by atoms with E-state index in [0.717, 1.165) is 31.6 Å². The maximum absolute atomic E-state index is 5.10. The summed E-state index contributed by atoms with van der Waals surface area (Å²) >= 11 is 0. The van der Waals surface area contributed by atoms with Gasteiger partial charge in [-0.05, 0) is 49.4 Å². The van der Waals surface area contributed by atoms with Gasteiger partial charge in [-0.2, -0.15) is 0 Å². The fourth-order valence-corrected chi connectivity index (χ4v) is 3.06. The Balaban J connectivity index is 2.00. The second-order valence-corrected chi connectivity index (χ2v) is 5.56. The normalized spacial score (nSPS) is 13.9. The van der Waals surface area contributed by atoms with Crippen LogP contribution in [0.25, 0.3) is 10.9 Å². The van der Waals surface area contributed by atoms with Crippen LogP contribution in [0.2, 0.25) is 0 Å². The third-order valence-electron chi connectivity index (χ3n) is 4.07. The number of aryl methyl sites for hydroxylation is 2. The Labute approximate surface area is 120 Å². The van der Waals surface area contributed by atoms with E-state index in [9.17, 15) is 0 Å². The first-order valence-electron chi connectivity index (χ1n) is 7.40. The molecule has 0 saturated heterocycles. The molecule has 1 N–H and O–H groups in total. The van der Waals surface area contributed by atoms with E-state index in [1.165, 1.54) is 40.6 Å². The average Bonchev–Trinajstić information content (AvgIpc) is 2.91. The van der Waals surface area contributed by atoms with E-state index in [1.54, 1.807) is 7.11 Å². The van der Waals surface area contributed by atoms with Gasteiger partial charge in [-0.25, -0.2) is 0 Å². The number of nitrogens with zero attached hydrogens (tertiary/aromatic N) is 1. The lowest BCUT2D eigenvalue weighted by atomic mass is 10.00. The van der Waals surface area contributed by atoms with Crippen LogP contribution in [-0.4, -0.2) is 25.2 Å². The minimum Gasteiger partial charge on any atom is -0.383 e. The monoisotopic (exact) mass is 270 g/mol. The molecule has 1 aromatic carbocycles. The van der Waals surface area contributed by atoms with Crippen molar-refractivity contribution in [3.05, 3.63) is 40.6 Å². The number of methoxy groups -OCH3 is 1. The molecule has 0 bridgehead atoms. The van der Waals surface area contributed by atoms with Crippen LogP contribution in [0.5, 0.6) is 0 Å². The number of rotatable bonds is 5. The minimum atomic E-state index is 0.754. The maximum atomic E-state index is 5.10. The topological polar surface area (TPSA) is 34.1 Å². The lowest BCUT2D eigenvalue weighted by Crippen LogP contribution is -2.20. The zero-order valence-corrected chi connectivity index (χ0v) is 12.3. The average molecular weight is 270 g/mol. The van der Waals surface area contributed by atoms with Gasteiger partial charge in [0.05, 0.1) is 12.1 Å². The number of aromatic nitrogens is 1. The summed E-state index contributed by atoms with van der Waals surface area (Å²) in [5.74, 6) is 0. The van der Waals surface area contributed by atoms with Crippen LogP contribution in [0.1, 0.15) is 28.8 Å². The number of hydrogen-bond acceptors (Lipinski definition) is 3. The zero-order chi connectivity index (χ0) is 13.9. The highest BCUT2D eigenvalue weighted by Gasteiger charge is 2.19. The summed E-state index contributed by atoms with van der Waals surface area (Å²) in [5, 5.41) is 4.81. The molecule has 106 valence electrons. The summed E-state index contributed by atoms with van der Waals surface area (Å²) in [6.07, 6.45) is 3.54. The minimum absolute atomic E-state index is 0.754. The molecule has 0 spiro atoms. The van der Waals surface area contributed by atoms with E-state index >= 15 is 0 Å². The van der Waals surface area contributed by atoms with Gasteiger partial charge >= 0.3 is 0 Å². The molecule has 2 aromatic rings. The second-order valence-electron chi connectivity index (χ2n) is 5.56. The van der Waals surface area contributed by atoms with Gasteiger partial charge in [-0.3, -0.25) is 4.98 Å². The fraction of sp³-hybridized carbons (Fsp3) is 0.471. The van der Waals surface area contributed by atoms with Crippen LogP contribution in [0, 0.1) is 6.92 Å². The van der Waals surface area contributed by atoms with Crippen molar-refractivity contribution in [3.63, 3.8) is 0 Å². The number of ether oxygens (including phenoxy) is 1. The van der Waals surface area contributed by atoms with Crippen molar-refractivity contribution in [2.24, 2.45) is 0 Å². The molecule has 3 rings (SSSR count). The van der Waals surface area contributed by atoms with Gasteiger partial charge in [-0.1, -0.05) is 11.6 Å². The van der Waals surface area contributed by atoms with E-state index < -0.39 is 0 Å². The van der Waals surface area contributed by atoms with Gasteiger partial charge in [0.2, 0.25) is 0 Å². The van der Waals surface area contributed by atoms with E-state index in [0.29, 0.717) is 0 Å². The first kappa shape index (κ1) is 13.5. The van der Waals surface area contributed by atoms with Crippen LogP contribution in [-0.2, 0) is 24.1 Å². The molecule has 0 aliphatic heterocycles. The predicted molar refractivity (Wildman–Crippen MR) is 82.1 cm³/mol. The number of fused-ring (bicyclic) bond motifs is 2. The van der Waals surface area contributed by atoms with Crippen molar-refractivity contribution >= 4 is 10.9 Å². The van der Waals surface area contributed by atoms with E-state index in [2.05, 4.69) is 30.4 Å². The summed E-state index contributed by atoms with van der Waals surface area (Å²) in [6.45, 7) is 4.70. The van der Waals surface area contributed by atoms with Gasteiger partial charge < -0.3 is 10.1 Å². The highest BCUT2D eigenvalue weighted by atomic mass is 16.5. The number of benzene rings is 1. The molecular weight excluding hydrogens is 248 g/mol. The molecule has 0 amide bonds. The smallest absolute Gasteiger partial charge is 0.0708 e. The summed E-state index contributed by atoms with van der Waals surface area (Å²) in [6, 6.07) is 6.58. The molecule has 0 saturated carbocycles. The van der Waals surface area contributed by atoms with Gasteiger partial charge in [-0.15, -0.1) is 0 Å². The first-order valence-corrected chi connectivity index (χ1v) is 7.40. The highest BCUT2D eigenvalue weighted by molar-refractivity contribution is 5.84. The van der Waals surface area contributed by atoms with Crippen LogP contribution in [0.4, 0.5) is 0 Å². The Hall–Kier alpha value is -1.45. The number of pyridine rings is 1. The summed E-state index contributed by atoms with van der Waals surface area (Å²) in [4.78, 5) is 4.85. The third kappa shape index (κ3) is 2.56. The zero-order valence-electron chi connectivity index (χ0n) is 12.3. The van der Waals surface area contributed by atoms with Gasteiger partial charge in [0.25, 0.3) is 0 Å². The molecule has 3 nitrogen and oxygen atoms in total. The van der Waals surface area contributed by atoms with Crippen molar-refractivity contribution in [1.29, 1.82) is 0 Å². The lowest BCUT2D eigenvalue weighted by molar-refractivity contribution is 0.199. The van der Waals surface area contributed by atoms with Gasteiger partial charge in [0.1, 0.15) is 0 Å². The molecule has 1 aliphatic carbocycles. The predicted octanol–water partition coefficient (Wildman–Crippen LogP) is 2.77. The van der Waals surface area contributed by atoms with E-state index in [-0.39, 0.29) is 0 Å². The molecule has 20 heavy (non-hydrogen) atoms. The Bertz CT molecular complexity index is 622. The molecule has 0 unspecified atom stereocenters. The van der Waals surface area contributed by atoms with Crippen LogP contribution in [0.3, 0.4) is 0 Å². The lowest BCUT2D eigenvalue weighted by Gasteiger charge is -2.14. The Morgan fingerprint density at radius 3 is 3.05 bits per heavy atom. The molecule has 0 fully saturated rings. The summed E-state index contributed by atoms with van der Waals surface area (Å²) < 4.78 is 5.10. The molecule has 1 heterocycles.